The molecule has 1 aliphatic rings. The zero-order valence-corrected chi connectivity index (χ0v) is 17.8. The van der Waals surface area contributed by atoms with E-state index in [2.05, 4.69) is 5.32 Å². The number of rotatable bonds is 8. The van der Waals surface area contributed by atoms with Gasteiger partial charge in [-0.05, 0) is 62.1 Å². The lowest BCUT2D eigenvalue weighted by molar-refractivity contribution is -0.107. The molecule has 0 saturated carbocycles. The van der Waals surface area contributed by atoms with Gasteiger partial charge in [-0.1, -0.05) is 13.8 Å². The van der Waals surface area contributed by atoms with E-state index in [1.54, 1.807) is 17.7 Å². The predicted molar refractivity (Wildman–Crippen MR) is 114 cm³/mol. The smallest absolute Gasteiger partial charge is 0.275 e. The van der Waals surface area contributed by atoms with Gasteiger partial charge in [-0.2, -0.15) is 0 Å². The molecular weight excluding hydrogens is 388 g/mol. The van der Waals surface area contributed by atoms with E-state index in [9.17, 15) is 18.4 Å². The van der Waals surface area contributed by atoms with Crippen molar-refractivity contribution in [2.24, 2.45) is 0 Å². The molecule has 0 bridgehead atoms. The van der Waals surface area contributed by atoms with Crippen molar-refractivity contribution in [3.05, 3.63) is 63.1 Å². The standard InChI is InChI=1S/C23H29F2N3O2/c1-4-16-10-19(24)21(20(25)11-16)17(5-2)13-27(14-29)22-15(3)7-9-28(23(22)30)18-6-8-26-12-18/h7,9-11,14,17-18,26H,4-6,8,12-13H2,1-3H3. The predicted octanol–water partition coefficient (Wildman–Crippen LogP) is 3.69. The summed E-state index contributed by atoms with van der Waals surface area (Å²) in [7, 11) is 0. The molecule has 1 N–H and O–H groups in total. The zero-order valence-electron chi connectivity index (χ0n) is 17.8. The summed E-state index contributed by atoms with van der Waals surface area (Å²) in [6.07, 6.45) is 4.13. The number of amides is 1. The van der Waals surface area contributed by atoms with Crippen LogP contribution in [0, 0.1) is 18.6 Å². The molecule has 1 amide bonds. The van der Waals surface area contributed by atoms with Crippen molar-refractivity contribution >= 4 is 12.1 Å². The second kappa shape index (κ2) is 9.51. The molecule has 30 heavy (non-hydrogen) atoms. The fourth-order valence-corrected chi connectivity index (χ4v) is 4.22. The van der Waals surface area contributed by atoms with Crippen LogP contribution in [0.3, 0.4) is 0 Å². The van der Waals surface area contributed by atoms with Crippen molar-refractivity contribution in [2.45, 2.75) is 52.0 Å². The van der Waals surface area contributed by atoms with Gasteiger partial charge >= 0.3 is 0 Å². The second-order valence-corrected chi connectivity index (χ2v) is 7.90. The van der Waals surface area contributed by atoms with Crippen LogP contribution >= 0.6 is 0 Å². The number of hydrogen-bond donors (Lipinski definition) is 1. The molecule has 2 aromatic rings. The quantitative estimate of drug-likeness (QED) is 0.667. The molecule has 2 heterocycles. The van der Waals surface area contributed by atoms with Gasteiger partial charge in [0.15, 0.2) is 0 Å². The van der Waals surface area contributed by atoms with E-state index >= 15 is 0 Å². The molecule has 0 aliphatic carbocycles. The summed E-state index contributed by atoms with van der Waals surface area (Å²) in [6, 6.07) is 4.54. The van der Waals surface area contributed by atoms with Gasteiger partial charge < -0.3 is 14.8 Å². The molecule has 0 radical (unpaired) electrons. The highest BCUT2D eigenvalue weighted by molar-refractivity contribution is 5.76. The summed E-state index contributed by atoms with van der Waals surface area (Å²) in [4.78, 5) is 26.5. The number of carbonyl (C=O) groups is 1. The molecule has 2 atom stereocenters. The number of aryl methyl sites for hydroxylation is 2. The van der Waals surface area contributed by atoms with Gasteiger partial charge in [0.05, 0.1) is 6.04 Å². The molecule has 5 nitrogen and oxygen atoms in total. The molecule has 1 aliphatic heterocycles. The Morgan fingerprint density at radius 2 is 2.00 bits per heavy atom. The molecule has 7 heteroatoms. The fourth-order valence-electron chi connectivity index (χ4n) is 4.22. The zero-order chi connectivity index (χ0) is 21.8. The van der Waals surface area contributed by atoms with E-state index in [0.29, 0.717) is 36.9 Å². The molecule has 3 rings (SSSR count). The van der Waals surface area contributed by atoms with Gasteiger partial charge in [0, 0.05) is 30.8 Å². The van der Waals surface area contributed by atoms with Gasteiger partial charge in [0.2, 0.25) is 6.41 Å². The Balaban J connectivity index is 1.98. The van der Waals surface area contributed by atoms with Gasteiger partial charge in [-0.25, -0.2) is 8.78 Å². The van der Waals surface area contributed by atoms with E-state index in [-0.39, 0.29) is 29.4 Å². The average molecular weight is 418 g/mol. The monoisotopic (exact) mass is 417 g/mol. The first-order valence-corrected chi connectivity index (χ1v) is 10.5. The number of anilines is 1. The van der Waals surface area contributed by atoms with Crippen molar-refractivity contribution in [3.8, 4) is 0 Å². The summed E-state index contributed by atoms with van der Waals surface area (Å²) < 4.78 is 31.0. The first-order valence-electron chi connectivity index (χ1n) is 10.5. The maximum absolute atomic E-state index is 14.7. The Hall–Kier alpha value is -2.54. The van der Waals surface area contributed by atoms with Crippen LogP contribution < -0.4 is 15.8 Å². The number of aromatic nitrogens is 1. The summed E-state index contributed by atoms with van der Waals surface area (Å²) in [5.41, 5.74) is 1.22. The number of nitrogens with zero attached hydrogens (tertiary/aromatic N) is 2. The number of pyridine rings is 1. The van der Waals surface area contributed by atoms with E-state index in [1.165, 1.54) is 17.0 Å². The highest BCUT2D eigenvalue weighted by Crippen LogP contribution is 2.29. The van der Waals surface area contributed by atoms with Crippen LogP contribution in [0.2, 0.25) is 0 Å². The van der Waals surface area contributed by atoms with Crippen LogP contribution in [0.4, 0.5) is 14.5 Å². The van der Waals surface area contributed by atoms with Gasteiger partial charge in [-0.3, -0.25) is 9.59 Å². The molecule has 1 fully saturated rings. The molecule has 2 unspecified atom stereocenters. The summed E-state index contributed by atoms with van der Waals surface area (Å²) in [5.74, 6) is -1.78. The minimum atomic E-state index is -0.608. The number of nitrogens with one attached hydrogen (secondary N) is 1. The van der Waals surface area contributed by atoms with E-state index in [0.717, 1.165) is 13.0 Å². The third-order valence-electron chi connectivity index (χ3n) is 6.00. The SMILES string of the molecule is CCc1cc(F)c(C(CC)CN(C=O)c2c(C)ccn(C3CCNC3)c2=O)c(F)c1. The number of halogens is 2. The van der Waals surface area contributed by atoms with Crippen LogP contribution in [0.5, 0.6) is 0 Å². The summed E-state index contributed by atoms with van der Waals surface area (Å²) in [6.45, 7) is 6.98. The Labute approximate surface area is 175 Å². The Morgan fingerprint density at radius 1 is 1.30 bits per heavy atom. The van der Waals surface area contributed by atoms with Crippen molar-refractivity contribution in [3.63, 3.8) is 0 Å². The van der Waals surface area contributed by atoms with Crippen molar-refractivity contribution in [2.75, 3.05) is 24.5 Å². The first-order chi connectivity index (χ1) is 14.4. The first kappa shape index (κ1) is 22.2. The molecular formula is C23H29F2N3O2. The molecule has 1 aromatic carbocycles. The van der Waals surface area contributed by atoms with E-state index in [4.69, 9.17) is 0 Å². The molecule has 1 aromatic heterocycles. The highest BCUT2D eigenvalue weighted by atomic mass is 19.1. The van der Waals surface area contributed by atoms with E-state index in [1.807, 2.05) is 19.9 Å². The molecule has 1 saturated heterocycles. The third kappa shape index (κ3) is 4.31. The van der Waals surface area contributed by atoms with Crippen LogP contribution in [0.25, 0.3) is 0 Å². The minimum Gasteiger partial charge on any atom is -0.315 e. The van der Waals surface area contributed by atoms with E-state index < -0.39 is 17.6 Å². The maximum atomic E-state index is 14.7. The number of hydrogen-bond acceptors (Lipinski definition) is 3. The normalized spacial score (nSPS) is 17.2. The lowest BCUT2D eigenvalue weighted by Gasteiger charge is -2.26. The summed E-state index contributed by atoms with van der Waals surface area (Å²) in [5, 5.41) is 3.23. The third-order valence-corrected chi connectivity index (χ3v) is 6.00. The van der Waals surface area contributed by atoms with Gasteiger partial charge in [0.1, 0.15) is 17.3 Å². The van der Waals surface area contributed by atoms with Crippen molar-refractivity contribution < 1.29 is 13.6 Å². The van der Waals surface area contributed by atoms with Crippen LogP contribution in [-0.4, -0.2) is 30.6 Å². The van der Waals surface area contributed by atoms with Crippen LogP contribution in [0.15, 0.2) is 29.2 Å². The number of benzene rings is 1. The van der Waals surface area contributed by atoms with Gasteiger partial charge in [0.25, 0.3) is 5.56 Å². The van der Waals surface area contributed by atoms with Crippen molar-refractivity contribution in [1.29, 1.82) is 0 Å². The largest absolute Gasteiger partial charge is 0.315 e. The number of carbonyl (C=O) groups excluding carboxylic acids is 1. The minimum absolute atomic E-state index is 0.0301. The highest BCUT2D eigenvalue weighted by Gasteiger charge is 2.26. The van der Waals surface area contributed by atoms with Gasteiger partial charge in [-0.15, -0.1) is 0 Å². The van der Waals surface area contributed by atoms with Crippen LogP contribution in [0.1, 0.15) is 55.3 Å². The average Bonchev–Trinajstić information content (AvgIpc) is 3.25. The Kier molecular flexibility index (Phi) is 7.02. The second-order valence-electron chi connectivity index (χ2n) is 7.90. The lowest BCUT2D eigenvalue weighted by Crippen LogP contribution is -2.36. The Morgan fingerprint density at radius 3 is 2.53 bits per heavy atom. The lowest BCUT2D eigenvalue weighted by atomic mass is 9.93. The Bertz CT molecular complexity index is 944. The molecule has 162 valence electrons. The summed E-state index contributed by atoms with van der Waals surface area (Å²) >= 11 is 0. The van der Waals surface area contributed by atoms with Crippen LogP contribution in [-0.2, 0) is 11.2 Å². The van der Waals surface area contributed by atoms with Crippen molar-refractivity contribution in [1.82, 2.24) is 9.88 Å². The molecule has 0 spiro atoms. The maximum Gasteiger partial charge on any atom is 0.275 e. The fraction of sp³-hybridized carbons (Fsp3) is 0.478. The topological polar surface area (TPSA) is 54.3 Å².